The van der Waals surface area contributed by atoms with Crippen LogP contribution in [0.15, 0.2) is 48.5 Å². The lowest BCUT2D eigenvalue weighted by molar-refractivity contribution is 0.211. The fourth-order valence-electron chi connectivity index (χ4n) is 3.46. The van der Waals surface area contributed by atoms with E-state index in [0.717, 1.165) is 23.6 Å². The number of nitrogens with zero attached hydrogens (tertiary/aromatic N) is 2. The van der Waals surface area contributed by atoms with E-state index in [9.17, 15) is 0 Å². The normalized spacial score (nSPS) is 12.4. The van der Waals surface area contributed by atoms with Crippen molar-refractivity contribution in [1.29, 1.82) is 0 Å². The van der Waals surface area contributed by atoms with Gasteiger partial charge in [-0.05, 0) is 50.1 Å². The molecule has 1 unspecified atom stereocenters. The smallest absolute Gasteiger partial charge is 0.153 e. The van der Waals surface area contributed by atoms with Crippen LogP contribution < -0.4 is 4.74 Å². The second-order valence-electron chi connectivity index (χ2n) is 7.10. The van der Waals surface area contributed by atoms with Crippen molar-refractivity contribution in [2.75, 3.05) is 0 Å². The number of aromatic nitrogens is 2. The molecule has 0 fully saturated rings. The average molecular weight is 351 g/mol. The molecule has 0 spiro atoms. The Kier molecular flexibility index (Phi) is 6.32. The summed E-state index contributed by atoms with van der Waals surface area (Å²) < 4.78 is 8.56. The molecule has 0 aliphatic rings. The van der Waals surface area contributed by atoms with Gasteiger partial charge in [0.05, 0.1) is 11.0 Å². The largest absolute Gasteiger partial charge is 0.483 e. The zero-order valence-electron chi connectivity index (χ0n) is 16.2. The summed E-state index contributed by atoms with van der Waals surface area (Å²) in [5.74, 6) is 1.92. The van der Waals surface area contributed by atoms with Crippen LogP contribution in [0.1, 0.15) is 63.4 Å². The zero-order valence-corrected chi connectivity index (χ0v) is 16.2. The molecule has 1 atom stereocenters. The molecule has 0 saturated carbocycles. The molecule has 1 aromatic heterocycles. The molecule has 3 aromatic rings. The maximum absolute atomic E-state index is 6.21. The van der Waals surface area contributed by atoms with Gasteiger partial charge in [-0.2, -0.15) is 0 Å². The maximum Gasteiger partial charge on any atom is 0.153 e. The van der Waals surface area contributed by atoms with E-state index in [4.69, 9.17) is 9.72 Å². The van der Waals surface area contributed by atoms with Gasteiger partial charge >= 0.3 is 0 Å². The molecular formula is C23H30N2O. The molecule has 138 valence electrons. The van der Waals surface area contributed by atoms with Crippen molar-refractivity contribution in [2.24, 2.45) is 0 Å². The predicted octanol–water partition coefficient (Wildman–Crippen LogP) is 6.46. The number of fused-ring (bicyclic) bond motifs is 1. The monoisotopic (exact) mass is 350 g/mol. The molecule has 0 radical (unpaired) electrons. The minimum absolute atomic E-state index is 0.0835. The van der Waals surface area contributed by atoms with Gasteiger partial charge in [0.1, 0.15) is 5.75 Å². The van der Waals surface area contributed by atoms with E-state index in [1.807, 2.05) is 12.1 Å². The second-order valence-corrected chi connectivity index (χ2v) is 7.10. The molecule has 0 saturated heterocycles. The maximum atomic E-state index is 6.21. The third kappa shape index (κ3) is 4.46. The van der Waals surface area contributed by atoms with E-state index >= 15 is 0 Å². The van der Waals surface area contributed by atoms with Gasteiger partial charge in [-0.1, -0.05) is 56.9 Å². The number of imidazole rings is 1. The number of aryl methyl sites for hydroxylation is 2. The summed E-state index contributed by atoms with van der Waals surface area (Å²) in [5.41, 5.74) is 3.47. The van der Waals surface area contributed by atoms with Crippen molar-refractivity contribution >= 4 is 11.0 Å². The predicted molar refractivity (Wildman–Crippen MR) is 109 cm³/mol. The molecule has 0 N–H and O–H groups in total. The number of hydrogen-bond acceptors (Lipinski definition) is 2. The van der Waals surface area contributed by atoms with Gasteiger partial charge in [0, 0.05) is 6.54 Å². The van der Waals surface area contributed by atoms with Crippen LogP contribution in [0.4, 0.5) is 0 Å². The van der Waals surface area contributed by atoms with Gasteiger partial charge in [-0.3, -0.25) is 0 Å². The van der Waals surface area contributed by atoms with Crippen molar-refractivity contribution in [1.82, 2.24) is 9.55 Å². The van der Waals surface area contributed by atoms with E-state index in [1.54, 1.807) is 0 Å². The number of ether oxygens (including phenoxy) is 1. The van der Waals surface area contributed by atoms with Crippen LogP contribution in [0.5, 0.6) is 5.75 Å². The molecule has 0 bridgehead atoms. The minimum Gasteiger partial charge on any atom is -0.483 e. The first-order valence-electron chi connectivity index (χ1n) is 9.87. The highest BCUT2D eigenvalue weighted by molar-refractivity contribution is 5.76. The van der Waals surface area contributed by atoms with Gasteiger partial charge < -0.3 is 9.30 Å². The van der Waals surface area contributed by atoms with Crippen molar-refractivity contribution in [2.45, 2.75) is 65.5 Å². The molecule has 0 aliphatic carbocycles. The van der Waals surface area contributed by atoms with Crippen LogP contribution in [0.2, 0.25) is 0 Å². The Balaban J connectivity index is 1.80. The van der Waals surface area contributed by atoms with Crippen molar-refractivity contribution in [3.05, 3.63) is 59.9 Å². The van der Waals surface area contributed by atoms with Crippen molar-refractivity contribution in [3.63, 3.8) is 0 Å². The first-order valence-corrected chi connectivity index (χ1v) is 9.87. The molecule has 1 heterocycles. The highest BCUT2D eigenvalue weighted by Crippen LogP contribution is 2.26. The number of benzene rings is 2. The van der Waals surface area contributed by atoms with Gasteiger partial charge in [0.15, 0.2) is 11.9 Å². The van der Waals surface area contributed by atoms with Gasteiger partial charge in [0.2, 0.25) is 0 Å². The Morgan fingerprint density at radius 3 is 2.62 bits per heavy atom. The van der Waals surface area contributed by atoms with E-state index in [1.165, 1.54) is 43.2 Å². The lowest BCUT2D eigenvalue weighted by Crippen LogP contribution is -2.12. The third-order valence-corrected chi connectivity index (χ3v) is 4.84. The SMILES string of the molecule is CCCCCCCn1c(C(C)Oc2cccc(C)c2)nc2ccccc21. The minimum atomic E-state index is -0.0835. The van der Waals surface area contributed by atoms with E-state index in [-0.39, 0.29) is 6.10 Å². The van der Waals surface area contributed by atoms with Crippen LogP contribution in [0, 0.1) is 6.92 Å². The molecule has 26 heavy (non-hydrogen) atoms. The Bertz CT molecular complexity index is 837. The summed E-state index contributed by atoms with van der Waals surface area (Å²) in [4.78, 5) is 4.88. The lowest BCUT2D eigenvalue weighted by atomic mass is 10.1. The molecule has 2 aromatic carbocycles. The van der Waals surface area contributed by atoms with Gasteiger partial charge in [-0.25, -0.2) is 4.98 Å². The highest BCUT2D eigenvalue weighted by Gasteiger charge is 2.17. The standard InChI is InChI=1S/C23H30N2O/c1-4-5-6-7-10-16-25-22-15-9-8-14-21(22)24-23(25)19(3)26-20-13-11-12-18(2)17-20/h8-9,11-15,17,19H,4-7,10,16H2,1-3H3. The van der Waals surface area contributed by atoms with Crippen molar-refractivity contribution in [3.8, 4) is 5.75 Å². The van der Waals surface area contributed by atoms with Crippen LogP contribution in [0.3, 0.4) is 0 Å². The molecule has 0 aliphatic heterocycles. The summed E-state index contributed by atoms with van der Waals surface area (Å²) in [6, 6.07) is 16.6. The zero-order chi connectivity index (χ0) is 18.4. The first-order chi connectivity index (χ1) is 12.7. The second kappa shape index (κ2) is 8.88. The number of para-hydroxylation sites is 2. The number of unbranched alkanes of at least 4 members (excludes halogenated alkanes) is 4. The van der Waals surface area contributed by atoms with Gasteiger partial charge in [-0.15, -0.1) is 0 Å². The van der Waals surface area contributed by atoms with Gasteiger partial charge in [0.25, 0.3) is 0 Å². The quantitative estimate of drug-likeness (QED) is 0.414. The Morgan fingerprint density at radius 2 is 1.81 bits per heavy atom. The van der Waals surface area contributed by atoms with Crippen LogP contribution in [-0.4, -0.2) is 9.55 Å². The van der Waals surface area contributed by atoms with Crippen molar-refractivity contribution < 1.29 is 4.74 Å². The summed E-state index contributed by atoms with van der Waals surface area (Å²) in [5, 5.41) is 0. The molecule has 0 amide bonds. The summed E-state index contributed by atoms with van der Waals surface area (Å²) in [7, 11) is 0. The van der Waals surface area contributed by atoms with E-state index in [2.05, 4.69) is 61.7 Å². The molecule has 3 nitrogen and oxygen atoms in total. The molecular weight excluding hydrogens is 320 g/mol. The summed E-state index contributed by atoms with van der Waals surface area (Å²) >= 11 is 0. The Hall–Kier alpha value is -2.29. The number of rotatable bonds is 9. The van der Waals surface area contributed by atoms with E-state index < -0.39 is 0 Å². The topological polar surface area (TPSA) is 27.1 Å². The molecule has 3 heteroatoms. The van der Waals surface area contributed by atoms with E-state index in [0.29, 0.717) is 0 Å². The number of hydrogen-bond donors (Lipinski definition) is 0. The average Bonchev–Trinajstić information content (AvgIpc) is 3.00. The highest BCUT2D eigenvalue weighted by atomic mass is 16.5. The third-order valence-electron chi connectivity index (χ3n) is 4.84. The van der Waals surface area contributed by atoms with Crippen LogP contribution in [0.25, 0.3) is 11.0 Å². The Morgan fingerprint density at radius 1 is 1.00 bits per heavy atom. The van der Waals surface area contributed by atoms with Crippen LogP contribution in [-0.2, 0) is 6.54 Å². The first kappa shape index (κ1) is 18.5. The molecule has 3 rings (SSSR count). The fraction of sp³-hybridized carbons (Fsp3) is 0.435. The van der Waals surface area contributed by atoms with Crippen LogP contribution >= 0.6 is 0 Å². The fourth-order valence-corrected chi connectivity index (χ4v) is 3.46. The summed E-state index contributed by atoms with van der Waals surface area (Å²) in [6.07, 6.45) is 6.29. The summed E-state index contributed by atoms with van der Waals surface area (Å²) in [6.45, 7) is 7.44. The lowest BCUT2D eigenvalue weighted by Gasteiger charge is -2.17. The Labute approximate surface area is 157 Å².